The maximum atomic E-state index is 8.52. The van der Waals surface area contributed by atoms with Crippen molar-refractivity contribution in [3.8, 4) is 0 Å². The smallest absolute Gasteiger partial charge is 0.182 e. The summed E-state index contributed by atoms with van der Waals surface area (Å²) in [5, 5.41) is 0. The number of nitrogens with zero attached hydrogens (tertiary/aromatic N) is 6. The van der Waals surface area contributed by atoms with Crippen LogP contribution in [0.1, 0.15) is 0 Å². The van der Waals surface area contributed by atoms with E-state index < -0.39 is 10.4 Å². The quantitative estimate of drug-likeness (QED) is 0.206. The number of nitrogens with one attached hydrogen (secondary N) is 2. The molecule has 132 valence electrons. The maximum Gasteiger partial charge on any atom is 0.182 e. The molecule has 6 N–H and O–H groups in total. The molecule has 4 aromatic heterocycles. The molecule has 0 atom stereocenters. The van der Waals surface area contributed by atoms with Crippen LogP contribution in [0.15, 0.2) is 25.3 Å². The van der Waals surface area contributed by atoms with E-state index in [4.69, 9.17) is 29.0 Å². The molecule has 4 rings (SSSR count). The molecular formula is C10H10N10O4S-2. The molecule has 4 heterocycles. The first kappa shape index (κ1) is 17.9. The highest BCUT2D eigenvalue weighted by Crippen LogP contribution is 2.09. The lowest BCUT2D eigenvalue weighted by molar-refractivity contribution is 0.352. The molecule has 0 bridgehead atoms. The van der Waals surface area contributed by atoms with Crippen LogP contribution in [-0.2, 0) is 10.4 Å². The van der Waals surface area contributed by atoms with Crippen molar-refractivity contribution in [2.24, 2.45) is 0 Å². The van der Waals surface area contributed by atoms with Gasteiger partial charge in [-0.15, -0.1) is 0 Å². The Morgan fingerprint density at radius 3 is 1.44 bits per heavy atom. The predicted octanol–water partition coefficient (Wildman–Crippen LogP) is -1.47. The Labute approximate surface area is 139 Å². The lowest BCUT2D eigenvalue weighted by Crippen LogP contribution is -1.91. The number of aromatic nitrogens is 8. The first-order valence-electron chi connectivity index (χ1n) is 6.21. The van der Waals surface area contributed by atoms with Gasteiger partial charge in [0.2, 0.25) is 0 Å². The minimum absolute atomic E-state index is 0.433. The third kappa shape index (κ3) is 5.30. The third-order valence-corrected chi connectivity index (χ3v) is 2.50. The van der Waals surface area contributed by atoms with Crippen LogP contribution in [0.2, 0.25) is 0 Å². The average Bonchev–Trinajstić information content (AvgIpc) is 3.16. The summed E-state index contributed by atoms with van der Waals surface area (Å²) in [7, 11) is -5.17. The molecule has 0 fully saturated rings. The van der Waals surface area contributed by atoms with Gasteiger partial charge in [-0.1, -0.05) is 0 Å². The number of hydrogen-bond acceptors (Lipinski definition) is 12. The van der Waals surface area contributed by atoms with Crippen LogP contribution in [0.4, 0.5) is 11.6 Å². The number of rotatable bonds is 0. The van der Waals surface area contributed by atoms with Gasteiger partial charge in [-0.25, -0.2) is 29.9 Å². The minimum Gasteiger partial charge on any atom is -0.759 e. The standard InChI is InChI=1S/2C5H5N5.H2O4S/c2*6-4-3-5(9-1-7-3)10-2-8-4;1-5(2,3)4/h2*1-2H,(H3,6,7,8,9,10);(H2,1,2,3,4)/p-2. The normalized spacial score (nSPS) is 10.6. The Balaban J connectivity index is 0.000000144. The van der Waals surface area contributed by atoms with E-state index in [9.17, 15) is 0 Å². The van der Waals surface area contributed by atoms with Gasteiger partial charge in [0.05, 0.1) is 12.7 Å². The van der Waals surface area contributed by atoms with Gasteiger partial charge in [0, 0.05) is 10.4 Å². The Morgan fingerprint density at radius 2 is 1.12 bits per heavy atom. The molecule has 4 aromatic rings. The fourth-order valence-electron chi connectivity index (χ4n) is 1.57. The number of aromatic amines is 2. The molecule has 0 aliphatic carbocycles. The Bertz CT molecular complexity index is 995. The molecule has 0 aromatic carbocycles. The highest BCUT2D eigenvalue weighted by Gasteiger charge is 1.99. The molecule has 0 spiro atoms. The van der Waals surface area contributed by atoms with E-state index in [-0.39, 0.29) is 0 Å². The summed E-state index contributed by atoms with van der Waals surface area (Å²) in [4.78, 5) is 28.7. The highest BCUT2D eigenvalue weighted by atomic mass is 32.3. The van der Waals surface area contributed by atoms with Crippen LogP contribution in [0.5, 0.6) is 0 Å². The van der Waals surface area contributed by atoms with Crippen LogP contribution in [-0.4, -0.2) is 57.4 Å². The molecule has 0 aliphatic heterocycles. The largest absolute Gasteiger partial charge is 0.759 e. The van der Waals surface area contributed by atoms with E-state index in [2.05, 4.69) is 39.9 Å². The monoisotopic (exact) mass is 366 g/mol. The number of nitrogens with two attached hydrogens (primary N) is 2. The second-order valence-corrected chi connectivity index (χ2v) is 4.94. The van der Waals surface area contributed by atoms with Crippen molar-refractivity contribution >= 4 is 44.4 Å². The van der Waals surface area contributed by atoms with Crippen molar-refractivity contribution < 1.29 is 17.5 Å². The van der Waals surface area contributed by atoms with Crippen molar-refractivity contribution in [1.29, 1.82) is 0 Å². The molecule has 14 nitrogen and oxygen atoms in total. The second kappa shape index (κ2) is 7.43. The van der Waals surface area contributed by atoms with Crippen LogP contribution >= 0.6 is 0 Å². The Hall–Kier alpha value is -3.43. The number of H-pyrrole nitrogens is 2. The summed E-state index contributed by atoms with van der Waals surface area (Å²) in [6, 6.07) is 0. The van der Waals surface area contributed by atoms with E-state index in [1.807, 2.05) is 0 Å². The van der Waals surface area contributed by atoms with E-state index in [0.29, 0.717) is 34.0 Å². The zero-order valence-corrected chi connectivity index (χ0v) is 13.0. The van der Waals surface area contributed by atoms with Gasteiger partial charge in [-0.3, -0.25) is 8.42 Å². The number of nitrogen functional groups attached to an aromatic ring is 2. The fourth-order valence-corrected chi connectivity index (χ4v) is 1.57. The molecule has 25 heavy (non-hydrogen) atoms. The van der Waals surface area contributed by atoms with Gasteiger partial charge < -0.3 is 30.5 Å². The molecule has 0 amide bonds. The summed E-state index contributed by atoms with van der Waals surface area (Å²) in [6.45, 7) is 0. The summed E-state index contributed by atoms with van der Waals surface area (Å²) >= 11 is 0. The van der Waals surface area contributed by atoms with Crippen molar-refractivity contribution in [1.82, 2.24) is 39.9 Å². The van der Waals surface area contributed by atoms with Gasteiger partial charge in [-0.05, 0) is 0 Å². The maximum absolute atomic E-state index is 8.52. The first-order valence-corrected chi connectivity index (χ1v) is 7.55. The molecule has 15 heteroatoms. The number of fused-ring (bicyclic) bond motifs is 2. The topological polar surface area (TPSA) is 241 Å². The molecule has 0 aliphatic rings. The number of hydrogen-bond donors (Lipinski definition) is 4. The molecule has 0 unspecified atom stereocenters. The number of imidazole rings is 2. The summed E-state index contributed by atoms with van der Waals surface area (Å²) < 4.78 is 34.1. The fraction of sp³-hybridized carbons (Fsp3) is 0. The van der Waals surface area contributed by atoms with Crippen LogP contribution in [0.25, 0.3) is 22.3 Å². The number of anilines is 2. The zero-order valence-electron chi connectivity index (χ0n) is 12.2. The van der Waals surface area contributed by atoms with Crippen molar-refractivity contribution in [3.05, 3.63) is 25.3 Å². The van der Waals surface area contributed by atoms with Crippen LogP contribution in [0.3, 0.4) is 0 Å². The minimum atomic E-state index is -5.17. The summed E-state index contributed by atoms with van der Waals surface area (Å²) in [6.07, 6.45) is 5.85. The van der Waals surface area contributed by atoms with E-state index in [0.717, 1.165) is 0 Å². The molecular weight excluding hydrogens is 356 g/mol. The SMILES string of the molecule is Nc1ncnc2nc[nH]c12.Nc1ncnc2nc[nH]c12.O=S(=O)([O-])[O-]. The van der Waals surface area contributed by atoms with Gasteiger partial charge in [0.1, 0.15) is 23.7 Å². The van der Waals surface area contributed by atoms with Gasteiger partial charge in [0.15, 0.2) is 22.9 Å². The molecule has 0 saturated carbocycles. The summed E-state index contributed by atoms with van der Waals surface area (Å²) in [5.41, 5.74) is 13.6. The lowest BCUT2D eigenvalue weighted by atomic mass is 10.5. The van der Waals surface area contributed by atoms with E-state index >= 15 is 0 Å². The van der Waals surface area contributed by atoms with Gasteiger partial charge in [-0.2, -0.15) is 0 Å². The van der Waals surface area contributed by atoms with Crippen LogP contribution in [0, 0.1) is 0 Å². The highest BCUT2D eigenvalue weighted by molar-refractivity contribution is 7.79. The second-order valence-electron chi connectivity index (χ2n) is 4.13. The average molecular weight is 366 g/mol. The zero-order chi connectivity index (χ0) is 18.4. The lowest BCUT2D eigenvalue weighted by Gasteiger charge is -2.06. The van der Waals surface area contributed by atoms with Crippen LogP contribution < -0.4 is 11.5 Å². The predicted molar refractivity (Wildman–Crippen MR) is 82.7 cm³/mol. The Morgan fingerprint density at radius 1 is 0.760 bits per heavy atom. The van der Waals surface area contributed by atoms with Crippen molar-refractivity contribution in [3.63, 3.8) is 0 Å². The molecule has 0 radical (unpaired) electrons. The van der Waals surface area contributed by atoms with E-state index in [1.54, 1.807) is 0 Å². The van der Waals surface area contributed by atoms with Crippen molar-refractivity contribution in [2.75, 3.05) is 11.5 Å². The molecule has 0 saturated heterocycles. The van der Waals surface area contributed by atoms with E-state index in [1.165, 1.54) is 25.3 Å². The van der Waals surface area contributed by atoms with Gasteiger partial charge in [0.25, 0.3) is 0 Å². The van der Waals surface area contributed by atoms with Crippen molar-refractivity contribution in [2.45, 2.75) is 0 Å². The summed E-state index contributed by atoms with van der Waals surface area (Å²) in [5.74, 6) is 0.866. The third-order valence-electron chi connectivity index (χ3n) is 2.50. The van der Waals surface area contributed by atoms with Gasteiger partial charge >= 0.3 is 0 Å². The first-order chi connectivity index (χ1) is 11.8. The Kier molecular flexibility index (Phi) is 5.32.